The molecule has 0 unspecified atom stereocenters. The van der Waals surface area contributed by atoms with Crippen molar-refractivity contribution in [2.75, 3.05) is 13.1 Å². The molecule has 1 aliphatic rings. The van der Waals surface area contributed by atoms with Crippen LogP contribution in [-0.2, 0) is 9.53 Å². The molecule has 0 radical (unpaired) electrons. The van der Waals surface area contributed by atoms with Crippen molar-refractivity contribution in [2.24, 2.45) is 11.7 Å². The number of amides is 1. The van der Waals surface area contributed by atoms with Gasteiger partial charge in [0, 0.05) is 13.1 Å². The number of rotatable bonds is 4. The van der Waals surface area contributed by atoms with Gasteiger partial charge in [0.15, 0.2) is 0 Å². The highest BCUT2D eigenvalue weighted by Gasteiger charge is 2.30. The van der Waals surface area contributed by atoms with Crippen molar-refractivity contribution in [3.8, 4) is 0 Å². The Morgan fingerprint density at radius 2 is 2.12 bits per heavy atom. The van der Waals surface area contributed by atoms with Crippen molar-refractivity contribution >= 4 is 5.91 Å². The van der Waals surface area contributed by atoms with Crippen LogP contribution in [0.15, 0.2) is 0 Å². The largest absolute Gasteiger partial charge is 0.372 e. The smallest absolute Gasteiger partial charge is 0.239 e. The van der Waals surface area contributed by atoms with Crippen LogP contribution in [0.25, 0.3) is 0 Å². The van der Waals surface area contributed by atoms with E-state index >= 15 is 0 Å². The molecule has 1 heterocycles. The topological polar surface area (TPSA) is 55.6 Å². The summed E-state index contributed by atoms with van der Waals surface area (Å²) in [5.41, 5.74) is 5.95. The fourth-order valence-electron chi connectivity index (χ4n) is 2.29. The number of hydrogen-bond donors (Lipinski definition) is 1. The van der Waals surface area contributed by atoms with Crippen LogP contribution >= 0.6 is 0 Å². The van der Waals surface area contributed by atoms with Crippen LogP contribution in [0.4, 0.5) is 0 Å². The normalized spacial score (nSPS) is 27.3. The second-order valence-corrected chi connectivity index (χ2v) is 5.46. The van der Waals surface area contributed by atoms with Crippen LogP contribution in [0.2, 0.25) is 0 Å². The Hall–Kier alpha value is -0.610. The molecule has 3 atom stereocenters. The van der Waals surface area contributed by atoms with Gasteiger partial charge in [-0.1, -0.05) is 20.8 Å². The Morgan fingerprint density at radius 3 is 2.65 bits per heavy atom. The number of carbonyl (C=O) groups excluding carboxylic acids is 1. The number of morpholine rings is 1. The van der Waals surface area contributed by atoms with Gasteiger partial charge in [-0.15, -0.1) is 0 Å². The molecule has 1 aliphatic heterocycles. The Labute approximate surface area is 104 Å². The first-order valence-electron chi connectivity index (χ1n) is 6.63. The van der Waals surface area contributed by atoms with Crippen molar-refractivity contribution in [3.63, 3.8) is 0 Å². The molecule has 1 rings (SSSR count). The molecule has 4 heteroatoms. The van der Waals surface area contributed by atoms with Crippen LogP contribution in [0, 0.1) is 5.92 Å². The van der Waals surface area contributed by atoms with Gasteiger partial charge >= 0.3 is 0 Å². The minimum absolute atomic E-state index is 0.0762. The lowest BCUT2D eigenvalue weighted by Gasteiger charge is -2.37. The maximum atomic E-state index is 12.2. The molecule has 4 nitrogen and oxygen atoms in total. The number of nitrogens with two attached hydrogens (primary N) is 1. The summed E-state index contributed by atoms with van der Waals surface area (Å²) in [4.78, 5) is 14.1. The summed E-state index contributed by atoms with van der Waals surface area (Å²) in [6, 6.07) is -0.363. The van der Waals surface area contributed by atoms with Gasteiger partial charge in [0.2, 0.25) is 5.91 Å². The Balaban J connectivity index is 2.55. The van der Waals surface area contributed by atoms with Crippen LogP contribution in [0.1, 0.15) is 40.5 Å². The van der Waals surface area contributed by atoms with E-state index in [-0.39, 0.29) is 24.2 Å². The predicted molar refractivity (Wildman–Crippen MR) is 68.6 cm³/mol. The van der Waals surface area contributed by atoms with E-state index in [2.05, 4.69) is 20.8 Å². The maximum absolute atomic E-state index is 12.2. The quantitative estimate of drug-likeness (QED) is 0.810. The lowest BCUT2D eigenvalue weighted by molar-refractivity contribution is -0.146. The minimum Gasteiger partial charge on any atom is -0.372 e. The fourth-order valence-corrected chi connectivity index (χ4v) is 2.29. The molecule has 0 aliphatic carbocycles. The monoisotopic (exact) mass is 242 g/mol. The third kappa shape index (κ3) is 4.28. The lowest BCUT2D eigenvalue weighted by Crippen LogP contribution is -2.53. The second-order valence-electron chi connectivity index (χ2n) is 5.46. The summed E-state index contributed by atoms with van der Waals surface area (Å²) in [7, 11) is 0. The molecule has 100 valence electrons. The van der Waals surface area contributed by atoms with Crippen LogP contribution < -0.4 is 5.73 Å². The average Bonchev–Trinajstić information content (AvgIpc) is 2.26. The van der Waals surface area contributed by atoms with Crippen molar-refractivity contribution in [1.29, 1.82) is 0 Å². The molecule has 0 aromatic carbocycles. The standard InChI is InChI=1S/C13H26N2O2/c1-5-11-8-15(7-10(4)17-11)13(16)12(14)6-9(2)3/h9-12H,5-8,14H2,1-4H3/t10-,11+,12-/m0/s1. The SMILES string of the molecule is CC[C@@H]1CN(C(=O)[C@@H](N)CC(C)C)C[C@H](C)O1. The Kier molecular flexibility index (Phi) is 5.40. The van der Waals surface area contributed by atoms with Gasteiger partial charge in [-0.3, -0.25) is 4.79 Å². The molecule has 0 bridgehead atoms. The van der Waals surface area contributed by atoms with E-state index in [1.165, 1.54) is 0 Å². The summed E-state index contributed by atoms with van der Waals surface area (Å²) in [6.07, 6.45) is 1.97. The number of ether oxygens (including phenoxy) is 1. The third-order valence-corrected chi connectivity index (χ3v) is 3.14. The zero-order valence-electron chi connectivity index (χ0n) is 11.5. The van der Waals surface area contributed by atoms with E-state index < -0.39 is 0 Å². The summed E-state index contributed by atoms with van der Waals surface area (Å²) in [5.74, 6) is 0.529. The first-order chi connectivity index (χ1) is 7.93. The van der Waals surface area contributed by atoms with Gasteiger partial charge in [-0.2, -0.15) is 0 Å². The van der Waals surface area contributed by atoms with Crippen molar-refractivity contribution in [1.82, 2.24) is 4.90 Å². The zero-order valence-corrected chi connectivity index (χ0v) is 11.5. The van der Waals surface area contributed by atoms with Crippen LogP contribution in [-0.4, -0.2) is 42.1 Å². The van der Waals surface area contributed by atoms with E-state index in [1.807, 2.05) is 11.8 Å². The van der Waals surface area contributed by atoms with E-state index in [0.29, 0.717) is 19.0 Å². The van der Waals surface area contributed by atoms with Gasteiger partial charge in [-0.25, -0.2) is 0 Å². The third-order valence-electron chi connectivity index (χ3n) is 3.14. The summed E-state index contributed by atoms with van der Waals surface area (Å²) in [5, 5.41) is 0. The molecule has 0 spiro atoms. The first kappa shape index (κ1) is 14.5. The molecule has 17 heavy (non-hydrogen) atoms. The van der Waals surface area contributed by atoms with E-state index in [4.69, 9.17) is 10.5 Å². The summed E-state index contributed by atoms with van der Waals surface area (Å²) < 4.78 is 5.74. The maximum Gasteiger partial charge on any atom is 0.239 e. The van der Waals surface area contributed by atoms with E-state index in [0.717, 1.165) is 12.8 Å². The highest BCUT2D eigenvalue weighted by Crippen LogP contribution is 2.15. The van der Waals surface area contributed by atoms with Crippen molar-refractivity contribution < 1.29 is 9.53 Å². The molecule has 2 N–H and O–H groups in total. The molecule has 0 saturated carbocycles. The molecule has 0 aromatic heterocycles. The zero-order chi connectivity index (χ0) is 13.0. The molecule has 1 saturated heterocycles. The van der Waals surface area contributed by atoms with Crippen molar-refractivity contribution in [3.05, 3.63) is 0 Å². The van der Waals surface area contributed by atoms with Gasteiger partial charge in [0.05, 0.1) is 18.2 Å². The van der Waals surface area contributed by atoms with E-state index in [9.17, 15) is 4.79 Å². The summed E-state index contributed by atoms with van der Waals surface area (Å²) >= 11 is 0. The molecule has 1 fully saturated rings. The highest BCUT2D eigenvalue weighted by atomic mass is 16.5. The molecular weight excluding hydrogens is 216 g/mol. The second kappa shape index (κ2) is 6.36. The average molecular weight is 242 g/mol. The van der Waals surface area contributed by atoms with Crippen LogP contribution in [0.3, 0.4) is 0 Å². The number of hydrogen-bond acceptors (Lipinski definition) is 3. The van der Waals surface area contributed by atoms with Gasteiger partial charge in [-0.05, 0) is 25.7 Å². The van der Waals surface area contributed by atoms with Gasteiger partial charge in [0.25, 0.3) is 0 Å². The minimum atomic E-state index is -0.363. The van der Waals surface area contributed by atoms with Gasteiger partial charge in [0.1, 0.15) is 0 Å². The number of nitrogens with zero attached hydrogens (tertiary/aromatic N) is 1. The predicted octanol–water partition coefficient (Wildman–Crippen LogP) is 1.39. The number of carbonyl (C=O) groups is 1. The lowest BCUT2D eigenvalue weighted by atomic mass is 10.0. The molecular formula is C13H26N2O2. The molecule has 0 aromatic rings. The fraction of sp³-hybridized carbons (Fsp3) is 0.923. The Bertz CT molecular complexity index is 256. The van der Waals surface area contributed by atoms with E-state index in [1.54, 1.807) is 0 Å². The van der Waals surface area contributed by atoms with Crippen molar-refractivity contribution in [2.45, 2.75) is 58.8 Å². The Morgan fingerprint density at radius 1 is 1.47 bits per heavy atom. The highest BCUT2D eigenvalue weighted by molar-refractivity contribution is 5.81. The first-order valence-corrected chi connectivity index (χ1v) is 6.63. The van der Waals surface area contributed by atoms with Crippen LogP contribution in [0.5, 0.6) is 0 Å². The van der Waals surface area contributed by atoms with Gasteiger partial charge < -0.3 is 15.4 Å². The molecule has 1 amide bonds. The summed E-state index contributed by atoms with van der Waals surface area (Å²) in [6.45, 7) is 9.62.